The predicted octanol–water partition coefficient (Wildman–Crippen LogP) is 2.45. The van der Waals surface area contributed by atoms with Crippen molar-refractivity contribution in [2.45, 2.75) is 83.3 Å². The normalized spacial score (nSPS) is 25.8. The van der Waals surface area contributed by atoms with E-state index in [0.29, 0.717) is 12.1 Å². The Morgan fingerprint density at radius 2 is 1.75 bits per heavy atom. The number of likely N-dealkylation sites (tertiary alicyclic amines) is 1. The van der Waals surface area contributed by atoms with E-state index in [2.05, 4.69) is 41.2 Å². The first-order valence-corrected chi connectivity index (χ1v) is 11.7. The molecular formula is C22H43N5O. The molecule has 6 nitrogen and oxygen atoms in total. The predicted molar refractivity (Wildman–Crippen MR) is 117 cm³/mol. The first kappa shape index (κ1) is 21.8. The molecule has 0 spiro atoms. The summed E-state index contributed by atoms with van der Waals surface area (Å²) in [7, 11) is 0. The summed E-state index contributed by atoms with van der Waals surface area (Å²) in [5, 5.41) is 7.25. The summed E-state index contributed by atoms with van der Waals surface area (Å²) in [4.78, 5) is 10.4. The highest BCUT2D eigenvalue weighted by atomic mass is 16.5. The molecule has 0 aromatic heterocycles. The van der Waals surface area contributed by atoms with Crippen LogP contribution < -0.4 is 10.6 Å². The Hall–Kier alpha value is -0.850. The molecule has 0 atom stereocenters. The zero-order chi connectivity index (χ0) is 19.8. The van der Waals surface area contributed by atoms with Gasteiger partial charge in [-0.25, -0.2) is 0 Å². The van der Waals surface area contributed by atoms with Gasteiger partial charge < -0.3 is 20.3 Å². The number of aliphatic imine (C=N–C) groups is 1. The summed E-state index contributed by atoms with van der Waals surface area (Å²) in [6.45, 7) is 14.8. The van der Waals surface area contributed by atoms with Gasteiger partial charge in [0.2, 0.25) is 0 Å². The van der Waals surface area contributed by atoms with Crippen molar-refractivity contribution in [3.05, 3.63) is 0 Å². The van der Waals surface area contributed by atoms with Crippen molar-refractivity contribution in [1.29, 1.82) is 0 Å². The highest BCUT2D eigenvalue weighted by Gasteiger charge is 2.38. The Kier molecular flexibility index (Phi) is 8.42. The minimum atomic E-state index is 0.241. The first-order valence-electron chi connectivity index (χ1n) is 11.7. The smallest absolute Gasteiger partial charge is 0.191 e. The molecule has 0 aromatic carbocycles. The highest BCUT2D eigenvalue weighted by Crippen LogP contribution is 2.34. The summed E-state index contributed by atoms with van der Waals surface area (Å²) in [5.74, 6) is 1.02. The van der Waals surface area contributed by atoms with Crippen molar-refractivity contribution >= 4 is 5.96 Å². The lowest BCUT2D eigenvalue weighted by Gasteiger charge is -2.47. The maximum Gasteiger partial charge on any atom is 0.191 e. The van der Waals surface area contributed by atoms with Gasteiger partial charge in [0.05, 0.1) is 19.8 Å². The molecule has 162 valence electrons. The molecular weight excluding hydrogens is 350 g/mol. The molecule has 0 unspecified atom stereocenters. The molecule has 3 fully saturated rings. The molecule has 3 aliphatic rings. The average molecular weight is 394 g/mol. The van der Waals surface area contributed by atoms with Crippen LogP contribution in [0.5, 0.6) is 0 Å². The van der Waals surface area contributed by atoms with Gasteiger partial charge in [0.25, 0.3) is 0 Å². The number of nitrogens with zero attached hydrogens (tertiary/aromatic N) is 3. The van der Waals surface area contributed by atoms with Crippen LogP contribution in [-0.2, 0) is 4.74 Å². The van der Waals surface area contributed by atoms with Crippen molar-refractivity contribution in [1.82, 2.24) is 20.4 Å². The van der Waals surface area contributed by atoms with Crippen molar-refractivity contribution in [2.75, 3.05) is 52.5 Å². The van der Waals surface area contributed by atoms with E-state index in [9.17, 15) is 0 Å². The highest BCUT2D eigenvalue weighted by molar-refractivity contribution is 5.80. The van der Waals surface area contributed by atoms with E-state index in [1.807, 2.05) is 0 Å². The monoisotopic (exact) mass is 393 g/mol. The first-order chi connectivity index (χ1) is 13.6. The van der Waals surface area contributed by atoms with Crippen LogP contribution in [0.3, 0.4) is 0 Å². The van der Waals surface area contributed by atoms with E-state index in [1.54, 1.807) is 0 Å². The summed E-state index contributed by atoms with van der Waals surface area (Å²) in [6, 6.07) is 1.20. The fourth-order valence-corrected chi connectivity index (χ4v) is 5.12. The van der Waals surface area contributed by atoms with Crippen LogP contribution in [0.2, 0.25) is 0 Å². The molecule has 28 heavy (non-hydrogen) atoms. The molecule has 2 saturated heterocycles. The molecule has 1 saturated carbocycles. The van der Waals surface area contributed by atoms with Crippen LogP contribution in [0.4, 0.5) is 0 Å². The lowest BCUT2D eigenvalue weighted by atomic mass is 9.80. The van der Waals surface area contributed by atoms with E-state index in [4.69, 9.17) is 9.73 Å². The summed E-state index contributed by atoms with van der Waals surface area (Å²) < 4.78 is 5.62. The molecule has 2 aliphatic heterocycles. The van der Waals surface area contributed by atoms with Gasteiger partial charge >= 0.3 is 0 Å². The van der Waals surface area contributed by atoms with Crippen LogP contribution in [0.1, 0.15) is 65.7 Å². The topological polar surface area (TPSA) is 52.1 Å². The zero-order valence-electron chi connectivity index (χ0n) is 18.5. The maximum absolute atomic E-state index is 5.62. The van der Waals surface area contributed by atoms with E-state index >= 15 is 0 Å². The lowest BCUT2D eigenvalue weighted by molar-refractivity contribution is -0.0333. The molecule has 0 radical (unpaired) electrons. The number of ether oxygens (including phenoxy) is 1. The number of hydrogen-bond acceptors (Lipinski definition) is 4. The number of nitrogens with one attached hydrogen (secondary N) is 2. The third kappa shape index (κ3) is 5.83. The molecule has 0 aromatic rings. The molecule has 0 amide bonds. The van der Waals surface area contributed by atoms with Crippen molar-refractivity contribution in [2.24, 2.45) is 4.99 Å². The largest absolute Gasteiger partial charge is 0.379 e. The Labute approximate surface area is 172 Å². The average Bonchev–Trinajstić information content (AvgIpc) is 2.74. The Balaban J connectivity index is 1.61. The van der Waals surface area contributed by atoms with Crippen LogP contribution >= 0.6 is 0 Å². The van der Waals surface area contributed by atoms with E-state index in [1.165, 1.54) is 58.0 Å². The van der Waals surface area contributed by atoms with Crippen molar-refractivity contribution in [3.63, 3.8) is 0 Å². The lowest BCUT2D eigenvalue weighted by Crippen LogP contribution is -2.57. The van der Waals surface area contributed by atoms with Gasteiger partial charge in [-0.15, -0.1) is 0 Å². The molecule has 6 heteroatoms. The van der Waals surface area contributed by atoms with Crippen LogP contribution in [-0.4, -0.2) is 85.9 Å². The summed E-state index contributed by atoms with van der Waals surface area (Å²) in [6.07, 6.45) is 9.03. The number of guanidine groups is 1. The Morgan fingerprint density at radius 1 is 1.07 bits per heavy atom. The second-order valence-electron chi connectivity index (χ2n) is 9.13. The van der Waals surface area contributed by atoms with Gasteiger partial charge in [0, 0.05) is 50.3 Å². The second-order valence-corrected chi connectivity index (χ2v) is 9.13. The molecule has 3 rings (SSSR count). The van der Waals surface area contributed by atoms with E-state index < -0.39 is 0 Å². The van der Waals surface area contributed by atoms with Gasteiger partial charge in [0.15, 0.2) is 5.96 Å². The molecule has 1 aliphatic carbocycles. The fourth-order valence-electron chi connectivity index (χ4n) is 5.12. The quantitative estimate of drug-likeness (QED) is 0.536. The molecule has 2 N–H and O–H groups in total. The van der Waals surface area contributed by atoms with Crippen LogP contribution in [0.25, 0.3) is 0 Å². The molecule has 0 bridgehead atoms. The van der Waals surface area contributed by atoms with Gasteiger partial charge in [-0.2, -0.15) is 0 Å². The summed E-state index contributed by atoms with van der Waals surface area (Å²) in [5.41, 5.74) is 0.241. The second kappa shape index (κ2) is 10.8. The fraction of sp³-hybridized carbons (Fsp3) is 0.955. The minimum absolute atomic E-state index is 0.241. The van der Waals surface area contributed by atoms with Crippen molar-refractivity contribution in [3.8, 4) is 0 Å². The van der Waals surface area contributed by atoms with Gasteiger partial charge in [-0.1, -0.05) is 19.3 Å². The van der Waals surface area contributed by atoms with Crippen LogP contribution in [0.15, 0.2) is 4.99 Å². The van der Waals surface area contributed by atoms with E-state index in [-0.39, 0.29) is 5.54 Å². The summed E-state index contributed by atoms with van der Waals surface area (Å²) >= 11 is 0. The van der Waals surface area contributed by atoms with Gasteiger partial charge in [0.1, 0.15) is 0 Å². The SMILES string of the molecule is CCNC(=NCC1(N2CCOCC2)CCCCC1)NC1CCN(C(C)C)CC1. The standard InChI is InChI=1S/C22H43N5O/c1-4-23-21(25-20-8-12-26(13-9-20)19(2)3)24-18-22(10-6-5-7-11-22)27-14-16-28-17-15-27/h19-20H,4-18H2,1-3H3,(H2,23,24,25). The third-order valence-corrected chi connectivity index (χ3v) is 6.94. The zero-order valence-corrected chi connectivity index (χ0v) is 18.5. The minimum Gasteiger partial charge on any atom is -0.379 e. The van der Waals surface area contributed by atoms with E-state index in [0.717, 1.165) is 45.4 Å². The van der Waals surface area contributed by atoms with Gasteiger partial charge in [-0.3, -0.25) is 9.89 Å². The maximum atomic E-state index is 5.62. The van der Waals surface area contributed by atoms with Crippen molar-refractivity contribution < 1.29 is 4.74 Å². The molecule has 2 heterocycles. The number of morpholine rings is 1. The van der Waals surface area contributed by atoms with Gasteiger partial charge in [-0.05, 0) is 46.5 Å². The van der Waals surface area contributed by atoms with Crippen LogP contribution in [0, 0.1) is 0 Å². The Morgan fingerprint density at radius 3 is 2.36 bits per heavy atom. The number of rotatable bonds is 6. The number of piperidine rings is 1. The Bertz CT molecular complexity index is 475. The third-order valence-electron chi connectivity index (χ3n) is 6.94. The number of hydrogen-bond donors (Lipinski definition) is 2.